The topological polar surface area (TPSA) is 74.2 Å². The maximum Gasteiger partial charge on any atom is 0.416 e. The Balaban J connectivity index is 1.39. The zero-order valence-corrected chi connectivity index (χ0v) is 19.8. The molecule has 13 heteroatoms. The van der Waals surface area contributed by atoms with Crippen molar-refractivity contribution in [3.05, 3.63) is 45.9 Å². The van der Waals surface area contributed by atoms with Crippen molar-refractivity contribution in [3.8, 4) is 0 Å². The van der Waals surface area contributed by atoms with Gasteiger partial charge in [-0.05, 0) is 67.7 Å². The lowest BCUT2D eigenvalue weighted by Crippen LogP contribution is -2.49. The third kappa shape index (κ3) is 6.61. The molecule has 3 aliphatic rings. The van der Waals surface area contributed by atoms with Crippen molar-refractivity contribution in [3.63, 3.8) is 0 Å². The molecule has 2 saturated heterocycles. The van der Waals surface area contributed by atoms with Gasteiger partial charge in [-0.3, -0.25) is 9.69 Å². The number of amides is 1. The number of aliphatic hydroxyl groups is 1. The van der Waals surface area contributed by atoms with Crippen molar-refractivity contribution < 1.29 is 41.0 Å². The highest BCUT2D eigenvalue weighted by molar-refractivity contribution is 8.18. The van der Waals surface area contributed by atoms with Crippen LogP contribution in [-0.2, 0) is 23.6 Å². The number of halogens is 6. The minimum Gasteiger partial charge on any atom is -0.391 e. The number of ether oxygens (including phenoxy) is 1. The van der Waals surface area contributed by atoms with Crippen LogP contribution in [0.4, 0.5) is 31.1 Å². The van der Waals surface area contributed by atoms with Crippen LogP contribution in [0.1, 0.15) is 36.0 Å². The number of hydrogen-bond donors (Lipinski definition) is 2. The van der Waals surface area contributed by atoms with E-state index in [9.17, 15) is 36.2 Å². The first-order valence-electron chi connectivity index (χ1n) is 11.4. The van der Waals surface area contributed by atoms with Crippen molar-refractivity contribution in [2.24, 2.45) is 10.9 Å². The number of piperidine rings is 1. The molecule has 3 aliphatic heterocycles. The molecule has 0 saturated carbocycles. The first kappa shape index (κ1) is 27.0. The minimum absolute atomic E-state index is 0.0453. The molecule has 4 rings (SSSR count). The summed E-state index contributed by atoms with van der Waals surface area (Å²) >= 11 is 0.972. The maximum absolute atomic E-state index is 13.5. The molecule has 2 fully saturated rings. The number of rotatable bonds is 4. The molecule has 1 aromatic carbocycles. The normalized spacial score (nSPS) is 25.9. The van der Waals surface area contributed by atoms with E-state index in [-0.39, 0.29) is 42.0 Å². The second-order valence-electron chi connectivity index (χ2n) is 9.02. The van der Waals surface area contributed by atoms with Gasteiger partial charge in [0.2, 0.25) is 0 Å². The lowest BCUT2D eigenvalue weighted by Gasteiger charge is -2.32. The van der Waals surface area contributed by atoms with Crippen molar-refractivity contribution in [2.45, 2.75) is 50.3 Å². The lowest BCUT2D eigenvalue weighted by atomic mass is 9.95. The summed E-state index contributed by atoms with van der Waals surface area (Å²) in [5, 5.41) is 12.8. The Hall–Kier alpha value is -2.09. The van der Waals surface area contributed by atoms with Crippen molar-refractivity contribution in [1.29, 1.82) is 0 Å². The molecular formula is C23H25F6N3O3S. The Labute approximate surface area is 207 Å². The number of aliphatic imine (C=N–C) groups is 1. The molecule has 2 atom stereocenters. The van der Waals surface area contributed by atoms with Gasteiger partial charge in [0.25, 0.3) is 0 Å². The zero-order valence-electron chi connectivity index (χ0n) is 19.0. The monoisotopic (exact) mass is 537 g/mol. The number of thioether (sulfide) groups is 1. The summed E-state index contributed by atoms with van der Waals surface area (Å²) in [6, 6.07) is 1.36. The van der Waals surface area contributed by atoms with E-state index in [1.165, 1.54) is 0 Å². The summed E-state index contributed by atoms with van der Waals surface area (Å²) in [5.74, 6) is 0.422. The van der Waals surface area contributed by atoms with Gasteiger partial charge in [-0.15, -0.1) is 0 Å². The molecule has 6 nitrogen and oxygen atoms in total. The van der Waals surface area contributed by atoms with E-state index in [4.69, 9.17) is 4.74 Å². The van der Waals surface area contributed by atoms with Crippen molar-refractivity contribution in [1.82, 2.24) is 10.2 Å². The SMILES string of the molecule is O=C1N=C(N[C@@H]2COCC[C@H]2O)/C(=C/C2CCN(Cc3ccc(C(F)(F)F)cc3C(F)(F)F)CC2)S1. The van der Waals surface area contributed by atoms with Crippen LogP contribution in [0.25, 0.3) is 0 Å². The second kappa shape index (κ2) is 10.7. The molecular weight excluding hydrogens is 512 g/mol. The molecule has 3 heterocycles. The number of nitrogens with one attached hydrogen (secondary N) is 1. The van der Waals surface area contributed by atoms with Crippen LogP contribution in [-0.4, -0.2) is 59.5 Å². The third-order valence-electron chi connectivity index (χ3n) is 6.43. The second-order valence-corrected chi connectivity index (χ2v) is 10.0. The number of likely N-dealkylation sites (tertiary alicyclic amines) is 1. The quantitative estimate of drug-likeness (QED) is 0.537. The third-order valence-corrected chi connectivity index (χ3v) is 7.25. The fourth-order valence-electron chi connectivity index (χ4n) is 4.46. The summed E-state index contributed by atoms with van der Waals surface area (Å²) in [4.78, 5) is 18.3. The van der Waals surface area contributed by atoms with E-state index < -0.39 is 29.6 Å². The first-order chi connectivity index (χ1) is 16.9. The van der Waals surface area contributed by atoms with Crippen molar-refractivity contribution in [2.75, 3.05) is 26.3 Å². The van der Waals surface area contributed by atoms with E-state index >= 15 is 0 Å². The fourth-order valence-corrected chi connectivity index (χ4v) is 5.24. The molecule has 0 radical (unpaired) electrons. The van der Waals surface area contributed by atoms with E-state index in [1.807, 2.05) is 6.08 Å². The summed E-state index contributed by atoms with van der Waals surface area (Å²) in [6.07, 6.45) is -6.80. The van der Waals surface area contributed by atoms with Gasteiger partial charge in [-0.2, -0.15) is 31.3 Å². The Morgan fingerprint density at radius 3 is 2.50 bits per heavy atom. The molecule has 0 aliphatic carbocycles. The molecule has 2 N–H and O–H groups in total. The first-order valence-corrected chi connectivity index (χ1v) is 12.3. The number of amidine groups is 1. The zero-order chi connectivity index (χ0) is 26.1. The van der Waals surface area contributed by atoms with Gasteiger partial charge in [0.05, 0.1) is 34.8 Å². The Kier molecular flexibility index (Phi) is 8.03. The summed E-state index contributed by atoms with van der Waals surface area (Å²) < 4.78 is 84.5. The van der Waals surface area contributed by atoms with Gasteiger partial charge >= 0.3 is 17.6 Å². The maximum atomic E-state index is 13.5. The van der Waals surface area contributed by atoms with Gasteiger partial charge in [0.15, 0.2) is 0 Å². The summed E-state index contributed by atoms with van der Waals surface area (Å²) in [6.45, 7) is 1.52. The summed E-state index contributed by atoms with van der Waals surface area (Å²) in [7, 11) is 0. The van der Waals surface area contributed by atoms with Gasteiger partial charge in [0, 0.05) is 13.2 Å². The average Bonchev–Trinajstić information content (AvgIpc) is 3.14. The Bertz CT molecular complexity index is 1030. The van der Waals surface area contributed by atoms with Gasteiger partial charge < -0.3 is 15.2 Å². The number of carbonyl (C=O) groups excluding carboxylic acids is 1. The largest absolute Gasteiger partial charge is 0.416 e. The minimum atomic E-state index is -4.90. The van der Waals surface area contributed by atoms with E-state index in [1.54, 1.807) is 4.90 Å². The molecule has 36 heavy (non-hydrogen) atoms. The van der Waals surface area contributed by atoms with Crippen molar-refractivity contribution >= 4 is 22.8 Å². The Morgan fingerprint density at radius 2 is 1.86 bits per heavy atom. The average molecular weight is 538 g/mol. The standard InChI is InChI=1S/C23H25F6N3O3S/c24-22(25,26)15-2-1-14(16(10-15)23(27,28)29)11-32-6-3-13(4-7-32)9-19-20(31-21(34)36-19)30-17-12-35-8-5-18(17)33/h1-2,9-10,13,17-18,33H,3-8,11-12H2,(H,30,31,34)/b19-9-/t17-,18-/m1/s1. The van der Waals surface area contributed by atoms with Crippen LogP contribution >= 0.6 is 11.8 Å². The van der Waals surface area contributed by atoms with Crippen LogP contribution in [0.2, 0.25) is 0 Å². The molecule has 0 unspecified atom stereocenters. The highest BCUT2D eigenvalue weighted by Crippen LogP contribution is 2.38. The molecule has 0 aromatic heterocycles. The number of aliphatic hydroxyl groups excluding tert-OH is 1. The molecule has 198 valence electrons. The number of allylic oxidation sites excluding steroid dienone is 1. The number of carbonyl (C=O) groups is 1. The molecule has 1 amide bonds. The van der Waals surface area contributed by atoms with Crippen LogP contribution in [0.3, 0.4) is 0 Å². The molecule has 1 aromatic rings. The van der Waals surface area contributed by atoms with Crippen LogP contribution < -0.4 is 5.32 Å². The highest BCUT2D eigenvalue weighted by Gasteiger charge is 2.38. The van der Waals surface area contributed by atoms with E-state index in [2.05, 4.69) is 10.3 Å². The predicted octanol–water partition coefficient (Wildman–Crippen LogP) is 4.82. The Morgan fingerprint density at radius 1 is 1.14 bits per heavy atom. The smallest absolute Gasteiger partial charge is 0.391 e. The number of hydrogen-bond acceptors (Lipinski definition) is 6. The van der Waals surface area contributed by atoms with Crippen LogP contribution in [0.15, 0.2) is 34.2 Å². The number of benzene rings is 1. The molecule has 0 bridgehead atoms. The van der Waals surface area contributed by atoms with Gasteiger partial charge in [-0.1, -0.05) is 12.1 Å². The molecule has 0 spiro atoms. The van der Waals surface area contributed by atoms with Crippen LogP contribution in [0.5, 0.6) is 0 Å². The summed E-state index contributed by atoms with van der Waals surface area (Å²) in [5.41, 5.74) is -2.80. The lowest BCUT2D eigenvalue weighted by molar-refractivity contribution is -0.143. The van der Waals surface area contributed by atoms with Gasteiger partial charge in [-0.25, -0.2) is 0 Å². The van der Waals surface area contributed by atoms with E-state index in [0.29, 0.717) is 55.8 Å². The van der Waals surface area contributed by atoms with Crippen LogP contribution in [0, 0.1) is 5.92 Å². The number of nitrogens with zero attached hydrogens (tertiary/aromatic N) is 2. The number of alkyl halides is 6. The predicted molar refractivity (Wildman–Crippen MR) is 121 cm³/mol. The highest BCUT2D eigenvalue weighted by atomic mass is 32.2. The van der Waals surface area contributed by atoms with Gasteiger partial charge in [0.1, 0.15) is 5.84 Å². The van der Waals surface area contributed by atoms with E-state index in [0.717, 1.165) is 17.8 Å². The fraction of sp³-hybridized carbons (Fsp3) is 0.565.